The highest BCUT2D eigenvalue weighted by Crippen LogP contribution is 2.16. The second kappa shape index (κ2) is 4.13. The first-order valence-electron chi connectivity index (χ1n) is 3.93. The number of nitrogens with zero attached hydrogens (tertiary/aromatic N) is 1. The molecular formula is C9H9F3N2. The summed E-state index contributed by atoms with van der Waals surface area (Å²) in [5.74, 6) is 0.308. The van der Waals surface area contributed by atoms with Gasteiger partial charge in [-0.25, -0.2) is 4.98 Å². The van der Waals surface area contributed by atoms with Gasteiger partial charge in [0.1, 0.15) is 5.82 Å². The number of hydrogen-bond acceptors (Lipinski definition) is 2. The van der Waals surface area contributed by atoms with E-state index >= 15 is 0 Å². The molecule has 0 spiro atoms. The van der Waals surface area contributed by atoms with Crippen LogP contribution in [0.2, 0.25) is 0 Å². The molecule has 0 unspecified atom stereocenters. The zero-order valence-corrected chi connectivity index (χ0v) is 7.25. The van der Waals surface area contributed by atoms with Crippen molar-refractivity contribution in [3.63, 3.8) is 0 Å². The van der Waals surface area contributed by atoms with E-state index in [0.717, 1.165) is 6.08 Å². The van der Waals surface area contributed by atoms with Gasteiger partial charge in [-0.15, -0.1) is 0 Å². The number of alkyl halides is 3. The van der Waals surface area contributed by atoms with Crippen molar-refractivity contribution in [1.82, 2.24) is 4.98 Å². The second-order valence-electron chi connectivity index (χ2n) is 2.70. The summed E-state index contributed by atoms with van der Waals surface area (Å²) in [6, 6.07) is 4.85. The van der Waals surface area contributed by atoms with Crippen LogP contribution in [0.25, 0.3) is 0 Å². The summed E-state index contributed by atoms with van der Waals surface area (Å²) in [6.45, 7) is 0. The highest BCUT2D eigenvalue weighted by atomic mass is 19.4. The molecule has 0 aliphatic heterocycles. The smallest absolute Gasteiger partial charge is 0.384 e. The third kappa shape index (κ3) is 3.93. The number of hydrogen-bond donors (Lipinski definition) is 1. The maximum Gasteiger partial charge on any atom is 0.409 e. The van der Waals surface area contributed by atoms with E-state index in [2.05, 4.69) is 4.98 Å². The van der Waals surface area contributed by atoms with Gasteiger partial charge in [0.05, 0.1) is 0 Å². The molecule has 0 aliphatic carbocycles. The molecule has 0 amide bonds. The fourth-order valence-corrected chi connectivity index (χ4v) is 0.925. The Labute approximate surface area is 79.3 Å². The highest BCUT2D eigenvalue weighted by molar-refractivity contribution is 5.29. The fraction of sp³-hybridized carbons (Fsp3) is 0.222. The summed E-state index contributed by atoms with van der Waals surface area (Å²) >= 11 is 0. The number of allylic oxidation sites excluding steroid dienone is 2. The van der Waals surface area contributed by atoms with E-state index < -0.39 is 6.18 Å². The Kier molecular flexibility index (Phi) is 3.11. The van der Waals surface area contributed by atoms with Crippen molar-refractivity contribution >= 4 is 5.82 Å². The number of halogens is 3. The standard InChI is InChI=1S/C9H9F3N2/c10-9(11,12)6-2-4-7-3-1-5-8(13)14-7/h1-3,5-6H,4H2,(H2,13,14)/b6-2+. The van der Waals surface area contributed by atoms with Crippen molar-refractivity contribution in [2.45, 2.75) is 12.6 Å². The third-order valence-corrected chi connectivity index (χ3v) is 1.46. The molecule has 0 fully saturated rings. The van der Waals surface area contributed by atoms with Crippen LogP contribution in [0.15, 0.2) is 30.4 Å². The van der Waals surface area contributed by atoms with Crippen LogP contribution in [-0.2, 0) is 6.42 Å². The number of rotatable bonds is 2. The van der Waals surface area contributed by atoms with Crippen molar-refractivity contribution in [1.29, 1.82) is 0 Å². The Bertz CT molecular complexity index is 331. The van der Waals surface area contributed by atoms with Crippen LogP contribution >= 0.6 is 0 Å². The van der Waals surface area contributed by atoms with Crippen LogP contribution in [0.3, 0.4) is 0 Å². The minimum atomic E-state index is -4.26. The molecular weight excluding hydrogens is 193 g/mol. The summed E-state index contributed by atoms with van der Waals surface area (Å²) < 4.78 is 35.1. The summed E-state index contributed by atoms with van der Waals surface area (Å²) in [6.07, 6.45) is -2.93. The van der Waals surface area contributed by atoms with Gasteiger partial charge < -0.3 is 5.73 Å². The first-order valence-corrected chi connectivity index (χ1v) is 3.93. The van der Waals surface area contributed by atoms with Gasteiger partial charge in [0, 0.05) is 18.2 Å². The lowest BCUT2D eigenvalue weighted by Crippen LogP contribution is -2.01. The van der Waals surface area contributed by atoms with E-state index in [0.29, 0.717) is 11.5 Å². The fourth-order valence-electron chi connectivity index (χ4n) is 0.925. The molecule has 1 rings (SSSR count). The van der Waals surface area contributed by atoms with Crippen molar-refractivity contribution in [2.75, 3.05) is 5.73 Å². The molecule has 0 atom stereocenters. The predicted octanol–water partition coefficient (Wildman–Crippen LogP) is 2.32. The average Bonchev–Trinajstić information content (AvgIpc) is 2.01. The molecule has 2 N–H and O–H groups in total. The summed E-state index contributed by atoms with van der Waals surface area (Å²) in [5, 5.41) is 0. The lowest BCUT2D eigenvalue weighted by atomic mass is 10.2. The molecule has 5 heteroatoms. The Hall–Kier alpha value is -1.52. The molecule has 2 nitrogen and oxygen atoms in total. The first-order chi connectivity index (χ1) is 6.47. The Morgan fingerprint density at radius 2 is 2.07 bits per heavy atom. The quantitative estimate of drug-likeness (QED) is 0.747. The molecule has 0 radical (unpaired) electrons. The number of nitrogens with two attached hydrogens (primary N) is 1. The van der Waals surface area contributed by atoms with E-state index in [1.54, 1.807) is 18.2 Å². The normalized spacial score (nSPS) is 12.2. The first kappa shape index (κ1) is 10.6. The molecule has 1 aromatic heterocycles. The van der Waals surface area contributed by atoms with E-state index in [9.17, 15) is 13.2 Å². The Morgan fingerprint density at radius 3 is 2.64 bits per heavy atom. The third-order valence-electron chi connectivity index (χ3n) is 1.46. The maximum atomic E-state index is 11.7. The topological polar surface area (TPSA) is 38.9 Å². The van der Waals surface area contributed by atoms with Crippen molar-refractivity contribution in [3.05, 3.63) is 36.0 Å². The van der Waals surface area contributed by atoms with E-state index in [1.807, 2.05) is 0 Å². The van der Waals surface area contributed by atoms with Crippen LogP contribution in [0.5, 0.6) is 0 Å². The predicted molar refractivity (Wildman–Crippen MR) is 47.5 cm³/mol. The number of nitrogen functional groups attached to an aromatic ring is 1. The van der Waals surface area contributed by atoms with E-state index in [4.69, 9.17) is 5.73 Å². The van der Waals surface area contributed by atoms with Crippen LogP contribution in [0, 0.1) is 0 Å². The molecule has 0 saturated heterocycles. The van der Waals surface area contributed by atoms with Gasteiger partial charge in [0.15, 0.2) is 0 Å². The van der Waals surface area contributed by atoms with Gasteiger partial charge in [-0.2, -0.15) is 13.2 Å². The second-order valence-corrected chi connectivity index (χ2v) is 2.70. The average molecular weight is 202 g/mol. The lowest BCUT2D eigenvalue weighted by molar-refractivity contribution is -0.0800. The van der Waals surface area contributed by atoms with Gasteiger partial charge in [-0.1, -0.05) is 12.1 Å². The molecule has 1 aromatic rings. The molecule has 14 heavy (non-hydrogen) atoms. The minimum Gasteiger partial charge on any atom is -0.384 e. The molecule has 0 aromatic carbocycles. The van der Waals surface area contributed by atoms with Crippen molar-refractivity contribution in [3.8, 4) is 0 Å². The van der Waals surface area contributed by atoms with Crippen LogP contribution in [0.1, 0.15) is 5.69 Å². The number of aromatic nitrogens is 1. The minimum absolute atomic E-state index is 0.130. The van der Waals surface area contributed by atoms with Crippen molar-refractivity contribution < 1.29 is 13.2 Å². The van der Waals surface area contributed by atoms with E-state index in [1.165, 1.54) is 0 Å². The van der Waals surface area contributed by atoms with Gasteiger partial charge >= 0.3 is 6.18 Å². The lowest BCUT2D eigenvalue weighted by Gasteiger charge is -1.99. The SMILES string of the molecule is Nc1cccc(C/C=C/C(F)(F)F)n1. The summed E-state index contributed by atoms with van der Waals surface area (Å²) in [4.78, 5) is 3.85. The molecule has 0 bridgehead atoms. The Morgan fingerprint density at radius 1 is 1.36 bits per heavy atom. The largest absolute Gasteiger partial charge is 0.409 e. The molecule has 0 aliphatic rings. The molecule has 76 valence electrons. The van der Waals surface area contributed by atoms with Crippen LogP contribution in [0.4, 0.5) is 19.0 Å². The van der Waals surface area contributed by atoms with E-state index in [-0.39, 0.29) is 12.5 Å². The number of anilines is 1. The van der Waals surface area contributed by atoms with Crippen LogP contribution < -0.4 is 5.73 Å². The Balaban J connectivity index is 2.58. The van der Waals surface area contributed by atoms with Gasteiger partial charge in [-0.3, -0.25) is 0 Å². The summed E-state index contributed by atoms with van der Waals surface area (Å²) in [7, 11) is 0. The maximum absolute atomic E-state index is 11.7. The van der Waals surface area contributed by atoms with Crippen LogP contribution in [-0.4, -0.2) is 11.2 Å². The highest BCUT2D eigenvalue weighted by Gasteiger charge is 2.21. The van der Waals surface area contributed by atoms with Gasteiger partial charge in [0.25, 0.3) is 0 Å². The van der Waals surface area contributed by atoms with Gasteiger partial charge in [-0.05, 0) is 12.1 Å². The number of pyridine rings is 1. The summed E-state index contributed by atoms with van der Waals surface area (Å²) in [5.41, 5.74) is 5.88. The molecule has 0 saturated carbocycles. The monoisotopic (exact) mass is 202 g/mol. The zero-order chi connectivity index (χ0) is 10.6. The van der Waals surface area contributed by atoms with Gasteiger partial charge in [0.2, 0.25) is 0 Å². The zero-order valence-electron chi connectivity index (χ0n) is 7.25. The van der Waals surface area contributed by atoms with Crippen molar-refractivity contribution in [2.24, 2.45) is 0 Å². The molecule has 1 heterocycles.